The number of benzene rings is 4. The van der Waals surface area contributed by atoms with Crippen LogP contribution in [0.4, 0.5) is 0 Å². The number of amides is 2. The van der Waals surface area contributed by atoms with Crippen LogP contribution in [0.15, 0.2) is 115 Å². The van der Waals surface area contributed by atoms with Crippen molar-refractivity contribution in [1.82, 2.24) is 10.6 Å². The summed E-state index contributed by atoms with van der Waals surface area (Å²) in [5.74, 6) is -0.710. The van der Waals surface area contributed by atoms with Crippen LogP contribution in [-0.4, -0.2) is 152 Å². The van der Waals surface area contributed by atoms with Gasteiger partial charge in [0.05, 0.1) is 31.0 Å². The topological polar surface area (TPSA) is 257 Å². The average molecular weight is 865 g/mol. The van der Waals surface area contributed by atoms with Gasteiger partial charge in [0, 0.05) is 12.3 Å². The predicted octanol–water partition coefficient (Wildman–Crippen LogP) is -0.449. The minimum absolute atomic E-state index is 0.0930. The van der Waals surface area contributed by atoms with Gasteiger partial charge in [-0.1, -0.05) is 103 Å². The molecule has 2 aliphatic rings. The Hall–Kier alpha value is -4.47. The quantitative estimate of drug-likeness (QED) is 0.0449. The lowest BCUT2D eigenvalue weighted by molar-refractivity contribution is -0.300. The van der Waals surface area contributed by atoms with E-state index < -0.39 is 97.2 Å². The monoisotopic (exact) mass is 864 g/mol. The third-order valence-corrected chi connectivity index (χ3v) is 12.2. The Morgan fingerprint density at radius 3 is 1.61 bits per heavy atom. The summed E-state index contributed by atoms with van der Waals surface area (Å²) in [5.41, 5.74) is 3.39. The third-order valence-electron chi connectivity index (χ3n) is 10.6. The number of hydrogen-bond acceptors (Lipinski definition) is 15. The van der Waals surface area contributed by atoms with E-state index in [2.05, 4.69) is 10.6 Å². The molecule has 0 spiro atoms. The largest absolute Gasteiger partial charge is 0.462 e. The highest BCUT2D eigenvalue weighted by atomic mass is 32.2. The number of ether oxygens (including phenoxy) is 4. The van der Waals surface area contributed by atoms with Crippen LogP contribution < -0.4 is 15.4 Å². The molecule has 16 nitrogen and oxygen atoms in total. The molecule has 2 heterocycles. The summed E-state index contributed by atoms with van der Waals surface area (Å²) in [6.45, 7) is -1.53. The van der Waals surface area contributed by atoms with Gasteiger partial charge in [0.15, 0.2) is 6.29 Å². The first-order valence-electron chi connectivity index (χ1n) is 19.8. The summed E-state index contributed by atoms with van der Waals surface area (Å²) in [6, 6.07) is 34.7. The number of aliphatic hydroxyl groups is 8. The Balaban J connectivity index is 1.19. The molecule has 0 radical (unpaired) electrons. The van der Waals surface area contributed by atoms with Crippen molar-refractivity contribution in [2.24, 2.45) is 0 Å². The zero-order chi connectivity index (χ0) is 43.5. The van der Waals surface area contributed by atoms with Crippen molar-refractivity contribution >= 4 is 23.6 Å². The van der Waals surface area contributed by atoms with Gasteiger partial charge < -0.3 is 70.4 Å². The van der Waals surface area contributed by atoms with Crippen LogP contribution in [0.3, 0.4) is 0 Å². The van der Waals surface area contributed by atoms with Crippen molar-refractivity contribution in [2.75, 3.05) is 32.1 Å². The number of thioether (sulfide) groups is 1. The normalized spacial score (nSPS) is 27.1. The molecule has 0 saturated carbocycles. The molecule has 61 heavy (non-hydrogen) atoms. The lowest BCUT2D eigenvalue weighted by Crippen LogP contribution is -2.60. The molecule has 0 bridgehead atoms. The van der Waals surface area contributed by atoms with Crippen LogP contribution >= 0.6 is 11.8 Å². The molecule has 0 aromatic heterocycles. The third kappa shape index (κ3) is 11.0. The fourth-order valence-corrected chi connectivity index (χ4v) is 8.81. The van der Waals surface area contributed by atoms with Crippen molar-refractivity contribution in [3.05, 3.63) is 138 Å². The van der Waals surface area contributed by atoms with Gasteiger partial charge in [-0.05, 0) is 34.4 Å². The summed E-state index contributed by atoms with van der Waals surface area (Å²) in [6.07, 6.45) is -14.8. The number of nitrogens with one attached hydrogen (secondary N) is 2. The molecule has 2 aliphatic heterocycles. The molecule has 2 fully saturated rings. The molecule has 10 N–H and O–H groups in total. The first-order valence-corrected chi connectivity index (χ1v) is 20.8. The maximum Gasteiger partial charge on any atom is 0.243 e. The summed E-state index contributed by atoms with van der Waals surface area (Å²) in [4.78, 5) is 27.8. The minimum atomic E-state index is -1.63. The zero-order valence-corrected chi connectivity index (χ0v) is 33.8. The number of hydrogen-bond donors (Lipinski definition) is 10. The minimum Gasteiger partial charge on any atom is -0.462 e. The van der Waals surface area contributed by atoms with Crippen LogP contribution in [-0.2, 0) is 35.0 Å². The Bertz CT molecular complexity index is 1870. The van der Waals surface area contributed by atoms with Gasteiger partial charge in [-0.25, -0.2) is 0 Å². The number of carbonyl (C=O) groups is 2. The van der Waals surface area contributed by atoms with E-state index in [0.29, 0.717) is 5.56 Å². The van der Waals surface area contributed by atoms with Gasteiger partial charge in [-0.2, -0.15) is 0 Å². The summed E-state index contributed by atoms with van der Waals surface area (Å²) < 4.78 is 21.3. The van der Waals surface area contributed by atoms with Crippen LogP contribution in [0.25, 0.3) is 0 Å². The Kier molecular flexibility index (Phi) is 16.3. The Morgan fingerprint density at radius 2 is 1.11 bits per heavy atom. The van der Waals surface area contributed by atoms with Gasteiger partial charge in [0.25, 0.3) is 0 Å². The smallest absolute Gasteiger partial charge is 0.243 e. The molecule has 328 valence electrons. The van der Waals surface area contributed by atoms with Crippen LogP contribution in [0, 0.1) is 0 Å². The standard InChI is InChI=1S/C44H52N2O14S/c47-23-32-35(50)37(52)39(54)42(59-32)57-21-20-45-41(56)31(25-61-44(27-10-4-1-5-11-27,28-12-6-2-7-13-28)29-14-8-3-9-15-29)46-34(49)22-26-16-18-30(19-17-26)58-43-40(55)38(53)36(51)33(24-48)60-43/h1-19,31-33,35-40,42-43,47-48,50-55H,20-25H2,(H,45,56)(H,46,49)/t31-,32+,33+,35+,36+,37-,38-,39-,40-,42-,43-/m0/s1. The maximum absolute atomic E-state index is 14.0. The molecule has 2 saturated heterocycles. The molecule has 17 heteroatoms. The fraction of sp³-hybridized carbons (Fsp3) is 0.409. The summed E-state index contributed by atoms with van der Waals surface area (Å²) in [7, 11) is 0. The number of rotatable bonds is 18. The van der Waals surface area contributed by atoms with E-state index in [4.69, 9.17) is 18.9 Å². The Labute approximate surface area is 356 Å². The van der Waals surface area contributed by atoms with E-state index in [1.165, 1.54) is 23.9 Å². The lowest BCUT2D eigenvalue weighted by Gasteiger charge is -2.39. The molecule has 6 rings (SSSR count). The van der Waals surface area contributed by atoms with Crippen molar-refractivity contribution in [3.63, 3.8) is 0 Å². The van der Waals surface area contributed by atoms with E-state index in [1.54, 1.807) is 12.1 Å². The number of carbonyl (C=O) groups excluding carboxylic acids is 2. The molecule has 0 aliphatic carbocycles. The maximum atomic E-state index is 14.0. The fourth-order valence-electron chi connectivity index (χ4n) is 7.25. The van der Waals surface area contributed by atoms with Crippen LogP contribution in [0.2, 0.25) is 0 Å². The zero-order valence-electron chi connectivity index (χ0n) is 33.0. The van der Waals surface area contributed by atoms with Gasteiger partial charge in [-0.3, -0.25) is 9.59 Å². The average Bonchev–Trinajstić information content (AvgIpc) is 3.29. The molecular formula is C44H52N2O14S. The van der Waals surface area contributed by atoms with E-state index in [1.807, 2.05) is 91.0 Å². The number of aliphatic hydroxyl groups excluding tert-OH is 8. The molecule has 0 unspecified atom stereocenters. The molecule has 2 amide bonds. The second kappa shape index (κ2) is 21.6. The molecule has 4 aromatic carbocycles. The van der Waals surface area contributed by atoms with Gasteiger partial charge in [-0.15, -0.1) is 11.8 Å². The Morgan fingerprint density at radius 1 is 0.639 bits per heavy atom. The second-order valence-electron chi connectivity index (χ2n) is 14.7. The second-order valence-corrected chi connectivity index (χ2v) is 15.9. The predicted molar refractivity (Wildman–Crippen MR) is 221 cm³/mol. The molecule has 4 aromatic rings. The van der Waals surface area contributed by atoms with Crippen molar-refractivity contribution < 1.29 is 69.4 Å². The summed E-state index contributed by atoms with van der Waals surface area (Å²) in [5, 5.41) is 85.9. The van der Waals surface area contributed by atoms with Crippen LogP contribution in [0.5, 0.6) is 5.75 Å². The van der Waals surface area contributed by atoms with Crippen molar-refractivity contribution in [2.45, 2.75) is 78.6 Å². The van der Waals surface area contributed by atoms with E-state index in [0.717, 1.165) is 16.7 Å². The van der Waals surface area contributed by atoms with Crippen LogP contribution in [0.1, 0.15) is 22.3 Å². The molecular weight excluding hydrogens is 813 g/mol. The lowest BCUT2D eigenvalue weighted by atomic mass is 9.84. The first-order chi connectivity index (χ1) is 29.5. The highest BCUT2D eigenvalue weighted by Gasteiger charge is 2.46. The summed E-state index contributed by atoms with van der Waals surface area (Å²) >= 11 is 1.47. The van der Waals surface area contributed by atoms with Gasteiger partial charge in [0.2, 0.25) is 18.1 Å². The first kappa shape index (κ1) is 46.0. The van der Waals surface area contributed by atoms with E-state index in [-0.39, 0.29) is 31.1 Å². The highest BCUT2D eigenvalue weighted by molar-refractivity contribution is 8.00. The van der Waals surface area contributed by atoms with Gasteiger partial charge >= 0.3 is 0 Å². The molecule has 11 atom stereocenters. The van der Waals surface area contributed by atoms with E-state index >= 15 is 0 Å². The van der Waals surface area contributed by atoms with Crippen molar-refractivity contribution in [3.8, 4) is 5.75 Å². The van der Waals surface area contributed by atoms with E-state index in [9.17, 15) is 50.4 Å². The highest BCUT2D eigenvalue weighted by Crippen LogP contribution is 2.48. The van der Waals surface area contributed by atoms with Gasteiger partial charge in [0.1, 0.15) is 60.6 Å². The SMILES string of the molecule is O=C(Cc1ccc(O[C@H]2O[C@H](CO)[C@@H](O)[C@H](O)[C@@H]2O)cc1)N[C@@H](CSC(c1ccccc1)(c1ccccc1)c1ccccc1)C(=O)NCCO[C@H]1O[C@H](CO)[C@@H](O)[C@H](O)[C@@H]1O. The van der Waals surface area contributed by atoms with Crippen molar-refractivity contribution in [1.29, 1.82) is 0 Å².